The maximum absolute atomic E-state index is 12.6. The molecule has 114 valence electrons. The topological polar surface area (TPSA) is 72.1 Å². The lowest BCUT2D eigenvalue weighted by Crippen LogP contribution is -2.28. The van der Waals surface area contributed by atoms with Crippen molar-refractivity contribution >= 4 is 33.1 Å². The van der Waals surface area contributed by atoms with E-state index in [1.54, 1.807) is 4.90 Å². The van der Waals surface area contributed by atoms with E-state index in [1.165, 1.54) is 11.3 Å². The maximum atomic E-state index is 12.6. The van der Waals surface area contributed by atoms with E-state index in [0.29, 0.717) is 16.5 Å². The van der Waals surface area contributed by atoms with Crippen molar-refractivity contribution in [2.45, 2.75) is 34.1 Å². The molecule has 0 fully saturated rings. The molecule has 2 rings (SSSR count). The Hall–Kier alpha value is -1.69. The molecule has 0 saturated carbocycles. The van der Waals surface area contributed by atoms with Crippen LogP contribution in [0.25, 0.3) is 10.2 Å². The van der Waals surface area contributed by atoms with E-state index in [4.69, 9.17) is 5.73 Å². The Morgan fingerprint density at radius 1 is 1.33 bits per heavy atom. The van der Waals surface area contributed by atoms with Crippen molar-refractivity contribution in [1.29, 1.82) is 0 Å². The Balaban J connectivity index is 2.36. The van der Waals surface area contributed by atoms with Crippen LogP contribution in [0.5, 0.6) is 0 Å². The molecule has 21 heavy (non-hydrogen) atoms. The highest BCUT2D eigenvalue weighted by molar-refractivity contribution is 7.21. The lowest BCUT2D eigenvalue weighted by atomic mass is 10.1. The van der Waals surface area contributed by atoms with Crippen molar-refractivity contribution in [3.05, 3.63) is 16.1 Å². The van der Waals surface area contributed by atoms with Crippen LogP contribution in [-0.2, 0) is 0 Å². The summed E-state index contributed by atoms with van der Waals surface area (Å²) in [6.45, 7) is 8.89. The lowest BCUT2D eigenvalue weighted by molar-refractivity contribution is 0.0795. The van der Waals surface area contributed by atoms with E-state index in [0.717, 1.165) is 34.4 Å². The first-order valence-electron chi connectivity index (χ1n) is 7.10. The quantitative estimate of drug-likeness (QED) is 0.942. The molecule has 0 spiro atoms. The Labute approximate surface area is 129 Å². The Morgan fingerprint density at radius 3 is 2.62 bits per heavy atom. The predicted octanol–water partition coefficient (Wildman–Crippen LogP) is 3.01. The third-order valence-corrected chi connectivity index (χ3v) is 4.80. The zero-order chi connectivity index (χ0) is 15.7. The third kappa shape index (κ3) is 3.00. The third-order valence-electron chi connectivity index (χ3n) is 3.72. The summed E-state index contributed by atoms with van der Waals surface area (Å²) in [5, 5.41) is 9.13. The largest absolute Gasteiger partial charge is 0.397 e. The molecule has 0 aromatic carbocycles. The molecule has 0 atom stereocenters. The number of nitrogen functional groups attached to an aromatic ring is 1. The molecular formula is C15H22N4OS. The first kappa shape index (κ1) is 15.7. The van der Waals surface area contributed by atoms with Crippen LogP contribution in [0.15, 0.2) is 0 Å². The molecule has 0 bridgehead atoms. The van der Waals surface area contributed by atoms with Crippen LogP contribution in [0.3, 0.4) is 0 Å². The minimum atomic E-state index is -0.0341. The van der Waals surface area contributed by atoms with E-state index in [9.17, 15) is 4.79 Å². The summed E-state index contributed by atoms with van der Waals surface area (Å²) < 4.78 is 0. The van der Waals surface area contributed by atoms with Crippen LogP contribution in [0.2, 0.25) is 0 Å². The van der Waals surface area contributed by atoms with E-state index >= 15 is 0 Å². The van der Waals surface area contributed by atoms with Gasteiger partial charge in [0.2, 0.25) is 0 Å². The number of carbonyl (C=O) groups is 1. The molecule has 5 nitrogen and oxygen atoms in total. The van der Waals surface area contributed by atoms with E-state index in [1.807, 2.05) is 20.9 Å². The van der Waals surface area contributed by atoms with Crippen LogP contribution in [0.4, 0.5) is 5.69 Å². The highest BCUT2D eigenvalue weighted by atomic mass is 32.1. The minimum Gasteiger partial charge on any atom is -0.397 e. The number of nitrogens with two attached hydrogens (primary N) is 1. The van der Waals surface area contributed by atoms with Gasteiger partial charge in [-0.25, -0.2) is 0 Å². The van der Waals surface area contributed by atoms with Crippen LogP contribution in [0, 0.1) is 19.8 Å². The van der Waals surface area contributed by atoms with Gasteiger partial charge in [-0.15, -0.1) is 16.4 Å². The standard InChI is InChI=1S/C15H22N4OS/c1-8(2)6-7-19(5)15(20)13-12(16)11-9(3)10(4)17-18-14(11)21-13/h8H,6-7,16H2,1-5H3. The fourth-order valence-electron chi connectivity index (χ4n) is 2.13. The van der Waals surface area contributed by atoms with Gasteiger partial charge in [-0.2, -0.15) is 5.10 Å². The van der Waals surface area contributed by atoms with E-state index < -0.39 is 0 Å². The second-order valence-corrected chi connectivity index (χ2v) is 6.84. The highest BCUT2D eigenvalue weighted by Crippen LogP contribution is 2.35. The van der Waals surface area contributed by atoms with Gasteiger partial charge < -0.3 is 10.6 Å². The van der Waals surface area contributed by atoms with Gasteiger partial charge in [-0.3, -0.25) is 4.79 Å². The zero-order valence-electron chi connectivity index (χ0n) is 13.2. The summed E-state index contributed by atoms with van der Waals surface area (Å²) in [5.41, 5.74) is 8.58. The van der Waals surface area contributed by atoms with Gasteiger partial charge >= 0.3 is 0 Å². The summed E-state index contributed by atoms with van der Waals surface area (Å²) in [5.74, 6) is 0.531. The average Bonchev–Trinajstić information content (AvgIpc) is 2.77. The first-order chi connectivity index (χ1) is 9.82. The predicted molar refractivity (Wildman–Crippen MR) is 87.7 cm³/mol. The number of aromatic nitrogens is 2. The maximum Gasteiger partial charge on any atom is 0.265 e. The SMILES string of the molecule is Cc1nnc2sc(C(=O)N(C)CCC(C)C)c(N)c2c1C. The molecule has 2 N–H and O–H groups in total. The van der Waals surface area contributed by atoms with Crippen molar-refractivity contribution in [2.75, 3.05) is 19.3 Å². The van der Waals surface area contributed by atoms with Crippen LogP contribution < -0.4 is 5.73 Å². The number of amides is 1. The fraction of sp³-hybridized carbons (Fsp3) is 0.533. The molecular weight excluding hydrogens is 284 g/mol. The van der Waals surface area contributed by atoms with Gasteiger partial charge in [0.25, 0.3) is 5.91 Å². The normalized spacial score (nSPS) is 11.3. The van der Waals surface area contributed by atoms with Gasteiger partial charge in [0, 0.05) is 19.0 Å². The second kappa shape index (κ2) is 5.97. The Morgan fingerprint density at radius 2 is 2.00 bits per heavy atom. The summed E-state index contributed by atoms with van der Waals surface area (Å²) in [6.07, 6.45) is 0.977. The molecule has 2 aromatic heterocycles. The van der Waals surface area contributed by atoms with Crippen LogP contribution >= 0.6 is 11.3 Å². The van der Waals surface area contributed by atoms with Gasteiger partial charge in [-0.1, -0.05) is 13.8 Å². The number of anilines is 1. The summed E-state index contributed by atoms with van der Waals surface area (Å²) in [7, 11) is 1.82. The molecule has 0 unspecified atom stereocenters. The van der Waals surface area contributed by atoms with Crippen LogP contribution in [-0.4, -0.2) is 34.6 Å². The summed E-state index contributed by atoms with van der Waals surface area (Å²) in [6, 6.07) is 0. The minimum absolute atomic E-state index is 0.0341. The van der Waals surface area contributed by atoms with Crippen molar-refractivity contribution < 1.29 is 4.79 Å². The average molecular weight is 306 g/mol. The molecule has 2 aromatic rings. The van der Waals surface area contributed by atoms with Crippen molar-refractivity contribution in [1.82, 2.24) is 15.1 Å². The van der Waals surface area contributed by atoms with Crippen molar-refractivity contribution in [3.63, 3.8) is 0 Å². The number of thiophene rings is 1. The van der Waals surface area contributed by atoms with Gasteiger partial charge in [0.05, 0.1) is 11.4 Å². The van der Waals surface area contributed by atoms with Gasteiger partial charge in [-0.05, 0) is 31.7 Å². The van der Waals surface area contributed by atoms with Crippen molar-refractivity contribution in [2.24, 2.45) is 5.92 Å². The van der Waals surface area contributed by atoms with Gasteiger partial charge in [0.1, 0.15) is 9.71 Å². The number of nitrogens with zero attached hydrogens (tertiary/aromatic N) is 3. The Kier molecular flexibility index (Phi) is 4.46. The summed E-state index contributed by atoms with van der Waals surface area (Å²) >= 11 is 1.33. The monoisotopic (exact) mass is 306 g/mol. The number of rotatable bonds is 4. The number of fused-ring (bicyclic) bond motifs is 1. The number of aryl methyl sites for hydroxylation is 2. The first-order valence-corrected chi connectivity index (χ1v) is 7.91. The molecule has 0 saturated heterocycles. The highest BCUT2D eigenvalue weighted by Gasteiger charge is 2.22. The lowest BCUT2D eigenvalue weighted by Gasteiger charge is -2.17. The second-order valence-electron chi connectivity index (χ2n) is 5.84. The fourth-order valence-corrected chi connectivity index (χ4v) is 3.22. The molecule has 1 amide bonds. The number of hydrogen-bond donors (Lipinski definition) is 1. The molecule has 0 aliphatic rings. The molecule has 0 radical (unpaired) electrons. The molecule has 2 heterocycles. The zero-order valence-corrected chi connectivity index (χ0v) is 14.0. The molecule has 0 aliphatic carbocycles. The Bertz CT molecular complexity index is 678. The number of carbonyl (C=O) groups excluding carboxylic acids is 1. The van der Waals surface area contributed by atoms with Crippen molar-refractivity contribution in [3.8, 4) is 0 Å². The smallest absolute Gasteiger partial charge is 0.265 e. The summed E-state index contributed by atoms with van der Waals surface area (Å²) in [4.78, 5) is 15.6. The number of hydrogen-bond acceptors (Lipinski definition) is 5. The molecule has 6 heteroatoms. The van der Waals surface area contributed by atoms with Crippen LogP contribution in [0.1, 0.15) is 41.2 Å². The van der Waals surface area contributed by atoms with E-state index in [-0.39, 0.29) is 5.91 Å². The molecule has 0 aliphatic heterocycles. The van der Waals surface area contributed by atoms with E-state index in [2.05, 4.69) is 24.0 Å². The van der Waals surface area contributed by atoms with Gasteiger partial charge in [0.15, 0.2) is 0 Å².